The Morgan fingerprint density at radius 3 is 2.61 bits per heavy atom. The number of halogens is 1. The number of rotatable bonds is 8. The first kappa shape index (κ1) is 25.4. The van der Waals surface area contributed by atoms with E-state index in [1.807, 2.05) is 12.1 Å². The number of benzene rings is 1. The molecule has 0 saturated carbocycles. The van der Waals surface area contributed by atoms with Crippen LogP contribution >= 0.6 is 0 Å². The van der Waals surface area contributed by atoms with Gasteiger partial charge in [-0.1, -0.05) is 6.07 Å². The van der Waals surface area contributed by atoms with Crippen LogP contribution in [0.15, 0.2) is 61.1 Å². The zero-order chi connectivity index (χ0) is 26.5. The number of aromatic nitrogens is 5. The first-order valence-corrected chi connectivity index (χ1v) is 12.2. The monoisotopic (exact) mass is 517 g/mol. The number of carbonyl (C=O) groups excluding carboxylic acids is 1. The average Bonchev–Trinajstić information content (AvgIpc) is 3.37. The van der Waals surface area contributed by atoms with Crippen LogP contribution in [0, 0.1) is 11.7 Å². The lowest BCUT2D eigenvalue weighted by Gasteiger charge is -2.29. The van der Waals surface area contributed by atoms with Crippen molar-refractivity contribution in [3.63, 3.8) is 0 Å². The minimum Gasteiger partial charge on any atom is -0.351 e. The molecule has 4 aromatic rings. The predicted molar refractivity (Wildman–Crippen MR) is 138 cm³/mol. The van der Waals surface area contributed by atoms with E-state index in [0.717, 1.165) is 11.1 Å². The van der Waals surface area contributed by atoms with Crippen molar-refractivity contribution >= 4 is 11.9 Å². The van der Waals surface area contributed by atoms with Gasteiger partial charge in [0.05, 0.1) is 42.6 Å². The van der Waals surface area contributed by atoms with Gasteiger partial charge in [0.1, 0.15) is 11.6 Å². The smallest absolute Gasteiger partial charge is 0.229 e. The van der Waals surface area contributed by atoms with Gasteiger partial charge in [0.15, 0.2) is 6.29 Å². The van der Waals surface area contributed by atoms with Gasteiger partial charge in [-0.05, 0) is 42.0 Å². The fourth-order valence-corrected chi connectivity index (χ4v) is 4.11. The summed E-state index contributed by atoms with van der Waals surface area (Å²) in [6.45, 7) is 1.07. The number of imidazole rings is 1. The summed E-state index contributed by atoms with van der Waals surface area (Å²) in [5.74, 6) is 0.370. The molecule has 10 nitrogen and oxygen atoms in total. The maximum Gasteiger partial charge on any atom is 0.229 e. The summed E-state index contributed by atoms with van der Waals surface area (Å²) >= 11 is 0. The molecular formula is C27H28FN7O3. The molecule has 0 aliphatic carbocycles. The summed E-state index contributed by atoms with van der Waals surface area (Å²) in [5, 5.41) is 3.21. The molecule has 1 saturated heterocycles. The number of nitrogens with zero attached hydrogens (tertiary/aromatic N) is 5. The van der Waals surface area contributed by atoms with Crippen LogP contribution in [0.3, 0.4) is 0 Å². The van der Waals surface area contributed by atoms with Gasteiger partial charge < -0.3 is 24.7 Å². The van der Waals surface area contributed by atoms with Crippen molar-refractivity contribution in [2.45, 2.75) is 19.3 Å². The maximum absolute atomic E-state index is 13.6. The van der Waals surface area contributed by atoms with Crippen LogP contribution in [-0.4, -0.2) is 69.3 Å². The number of aromatic amines is 1. The van der Waals surface area contributed by atoms with Crippen molar-refractivity contribution < 1.29 is 18.7 Å². The number of nitrogens with one attached hydrogen (secondary N) is 2. The highest BCUT2D eigenvalue weighted by Crippen LogP contribution is 2.30. The summed E-state index contributed by atoms with van der Waals surface area (Å²) in [6.07, 6.45) is 4.95. The van der Waals surface area contributed by atoms with Crippen molar-refractivity contribution in [1.82, 2.24) is 29.8 Å². The molecule has 1 aliphatic heterocycles. The molecule has 196 valence electrons. The summed E-state index contributed by atoms with van der Waals surface area (Å²) in [6, 6.07) is 11.7. The highest BCUT2D eigenvalue weighted by Gasteiger charge is 2.29. The van der Waals surface area contributed by atoms with E-state index in [1.54, 1.807) is 50.9 Å². The Balaban J connectivity index is 1.37. The van der Waals surface area contributed by atoms with Gasteiger partial charge in [-0.15, -0.1) is 0 Å². The second kappa shape index (κ2) is 11.4. The van der Waals surface area contributed by atoms with Gasteiger partial charge in [0, 0.05) is 44.8 Å². The number of amides is 1. The van der Waals surface area contributed by atoms with Crippen molar-refractivity contribution in [3.05, 3.63) is 78.3 Å². The van der Waals surface area contributed by atoms with Crippen LogP contribution in [0.5, 0.6) is 0 Å². The number of H-pyrrole nitrogens is 1. The highest BCUT2D eigenvalue weighted by molar-refractivity contribution is 5.78. The molecule has 1 fully saturated rings. The molecule has 1 aromatic carbocycles. The normalized spacial score (nSPS) is 17.2. The molecule has 0 atom stereocenters. The van der Waals surface area contributed by atoms with Crippen LogP contribution in [0.25, 0.3) is 22.6 Å². The van der Waals surface area contributed by atoms with Gasteiger partial charge >= 0.3 is 0 Å². The van der Waals surface area contributed by atoms with Gasteiger partial charge in [-0.25, -0.2) is 19.3 Å². The fraction of sp³-hybridized carbons (Fsp3) is 0.296. The third kappa shape index (κ3) is 6.01. The highest BCUT2D eigenvalue weighted by atomic mass is 19.1. The molecule has 0 radical (unpaired) electrons. The Morgan fingerprint density at radius 1 is 1.11 bits per heavy atom. The molecule has 1 aliphatic rings. The molecule has 0 spiro atoms. The second-order valence-corrected chi connectivity index (χ2v) is 9.12. The van der Waals surface area contributed by atoms with Crippen LogP contribution in [-0.2, 0) is 27.2 Å². The Bertz CT molecular complexity index is 1370. The molecule has 38 heavy (non-hydrogen) atoms. The Labute approximate surface area is 219 Å². The average molecular weight is 518 g/mol. The third-order valence-corrected chi connectivity index (χ3v) is 6.07. The van der Waals surface area contributed by atoms with Gasteiger partial charge in [0.2, 0.25) is 11.9 Å². The molecule has 0 bridgehead atoms. The number of hydrogen-bond acceptors (Lipinski definition) is 8. The predicted octanol–water partition coefficient (Wildman–Crippen LogP) is 3.30. The Morgan fingerprint density at radius 2 is 1.89 bits per heavy atom. The molecule has 4 heterocycles. The maximum atomic E-state index is 13.6. The lowest BCUT2D eigenvalue weighted by Crippen LogP contribution is -2.42. The number of ether oxygens (including phenoxy) is 2. The largest absolute Gasteiger partial charge is 0.351 e. The number of carbonyl (C=O) groups is 1. The molecule has 5 rings (SSSR count). The van der Waals surface area contributed by atoms with Crippen LogP contribution < -0.4 is 5.32 Å². The second-order valence-electron chi connectivity index (χ2n) is 9.12. The van der Waals surface area contributed by atoms with E-state index in [4.69, 9.17) is 14.5 Å². The van der Waals surface area contributed by atoms with E-state index in [1.165, 1.54) is 17.0 Å². The standard InChI is InChI=1S/C27H28FN7O3/c1-35(2)26(36)19-15-37-23(38-16-19)12-22-33-24(18-5-7-20(28)8-6-18)25(34-22)21-9-11-30-27(32-21)31-14-17-4-3-10-29-13-17/h3-11,13,19,23H,12,14-16H2,1-2H3,(H,33,34)(H,30,31,32). The molecular weight excluding hydrogens is 489 g/mol. The molecule has 3 aromatic heterocycles. The fourth-order valence-electron chi connectivity index (χ4n) is 4.11. The van der Waals surface area contributed by atoms with E-state index in [2.05, 4.69) is 25.3 Å². The Kier molecular flexibility index (Phi) is 7.66. The van der Waals surface area contributed by atoms with E-state index >= 15 is 0 Å². The molecule has 0 unspecified atom stereocenters. The summed E-state index contributed by atoms with van der Waals surface area (Å²) < 4.78 is 25.3. The number of anilines is 1. The van der Waals surface area contributed by atoms with Crippen LogP contribution in [0.2, 0.25) is 0 Å². The van der Waals surface area contributed by atoms with Gasteiger partial charge in [-0.2, -0.15) is 0 Å². The van der Waals surface area contributed by atoms with E-state index < -0.39 is 6.29 Å². The van der Waals surface area contributed by atoms with Crippen LogP contribution in [0.4, 0.5) is 10.3 Å². The Hall–Kier alpha value is -4.22. The van der Waals surface area contributed by atoms with Crippen molar-refractivity contribution in [3.8, 4) is 22.6 Å². The topological polar surface area (TPSA) is 118 Å². The van der Waals surface area contributed by atoms with E-state index in [0.29, 0.717) is 41.8 Å². The molecule has 2 N–H and O–H groups in total. The quantitative estimate of drug-likeness (QED) is 0.366. The first-order valence-electron chi connectivity index (χ1n) is 12.2. The minimum absolute atomic E-state index is 0.0287. The van der Waals surface area contributed by atoms with E-state index in [9.17, 15) is 9.18 Å². The summed E-state index contributed by atoms with van der Waals surface area (Å²) in [7, 11) is 3.42. The number of hydrogen-bond donors (Lipinski definition) is 2. The first-order chi connectivity index (χ1) is 18.5. The van der Waals surface area contributed by atoms with Crippen molar-refractivity contribution in [1.29, 1.82) is 0 Å². The zero-order valence-corrected chi connectivity index (χ0v) is 21.1. The van der Waals surface area contributed by atoms with Crippen molar-refractivity contribution in [2.24, 2.45) is 5.92 Å². The third-order valence-electron chi connectivity index (χ3n) is 6.07. The minimum atomic E-state index is -0.552. The summed E-state index contributed by atoms with van der Waals surface area (Å²) in [5.41, 5.74) is 3.63. The van der Waals surface area contributed by atoms with E-state index in [-0.39, 0.29) is 30.9 Å². The van der Waals surface area contributed by atoms with Gasteiger partial charge in [0.25, 0.3) is 0 Å². The zero-order valence-electron chi connectivity index (χ0n) is 21.1. The van der Waals surface area contributed by atoms with Gasteiger partial charge in [-0.3, -0.25) is 9.78 Å². The number of pyridine rings is 1. The van der Waals surface area contributed by atoms with Crippen LogP contribution in [0.1, 0.15) is 11.4 Å². The SMILES string of the molecule is CN(C)C(=O)C1COC(Cc2nc(-c3ccc(F)cc3)c(-c3ccnc(NCc4cccnc4)n3)[nH]2)OC1. The molecule has 11 heteroatoms. The summed E-state index contributed by atoms with van der Waals surface area (Å²) in [4.78, 5) is 35.0. The lowest BCUT2D eigenvalue weighted by atomic mass is 10.1. The lowest BCUT2D eigenvalue weighted by molar-refractivity contribution is -0.203. The van der Waals surface area contributed by atoms with Crippen molar-refractivity contribution in [2.75, 3.05) is 32.6 Å². The molecule has 1 amide bonds.